The quantitative estimate of drug-likeness (QED) is 0.667. The Morgan fingerprint density at radius 1 is 1.20 bits per heavy atom. The first-order valence-corrected chi connectivity index (χ1v) is 7.31. The van der Waals surface area contributed by atoms with Gasteiger partial charge in [0.2, 0.25) is 11.8 Å². The fourth-order valence-electron chi connectivity index (χ4n) is 2.87. The molecule has 1 aliphatic carbocycles. The van der Waals surface area contributed by atoms with E-state index in [2.05, 4.69) is 26.0 Å². The van der Waals surface area contributed by atoms with Gasteiger partial charge in [0.25, 0.3) is 0 Å². The van der Waals surface area contributed by atoms with Gasteiger partial charge in [-0.25, -0.2) is 0 Å². The summed E-state index contributed by atoms with van der Waals surface area (Å²) in [6.07, 6.45) is 11.9. The third kappa shape index (κ3) is 4.22. The molecule has 4 nitrogen and oxygen atoms in total. The van der Waals surface area contributed by atoms with Gasteiger partial charge in [0.15, 0.2) is 0 Å². The third-order valence-electron chi connectivity index (χ3n) is 4.46. The lowest BCUT2D eigenvalue weighted by atomic mass is 9.65. The highest BCUT2D eigenvalue weighted by molar-refractivity contribution is 5.78. The average Bonchev–Trinajstić information content (AvgIpc) is 2.36. The number of nitrogens with two attached hydrogens (primary N) is 2. The van der Waals surface area contributed by atoms with Crippen molar-refractivity contribution in [1.29, 1.82) is 0 Å². The van der Waals surface area contributed by atoms with Gasteiger partial charge in [0.05, 0.1) is 0 Å². The molecule has 0 spiro atoms. The van der Waals surface area contributed by atoms with E-state index in [1.807, 2.05) is 12.2 Å². The predicted molar refractivity (Wildman–Crippen MR) is 80.5 cm³/mol. The topological polar surface area (TPSA) is 86.2 Å². The number of carbonyl (C=O) groups is 2. The Morgan fingerprint density at radius 3 is 2.45 bits per heavy atom. The van der Waals surface area contributed by atoms with Gasteiger partial charge in [-0.3, -0.25) is 9.59 Å². The van der Waals surface area contributed by atoms with Crippen LogP contribution in [0, 0.1) is 17.3 Å². The van der Waals surface area contributed by atoms with Crippen molar-refractivity contribution in [3.8, 4) is 0 Å². The smallest absolute Gasteiger partial charge is 0.221 e. The zero-order chi connectivity index (χ0) is 15.2. The highest BCUT2D eigenvalue weighted by Gasteiger charge is 2.39. The molecule has 0 aromatic carbocycles. The number of unbranched alkanes of at least 4 members (excludes halogenated alkanes) is 2. The second-order valence-corrected chi connectivity index (χ2v) is 5.92. The first-order valence-electron chi connectivity index (χ1n) is 7.31. The number of rotatable bonds is 8. The van der Waals surface area contributed by atoms with E-state index in [0.717, 1.165) is 25.7 Å². The van der Waals surface area contributed by atoms with Gasteiger partial charge in [-0.15, -0.1) is 0 Å². The van der Waals surface area contributed by atoms with Crippen molar-refractivity contribution in [3.63, 3.8) is 0 Å². The molecule has 4 N–H and O–H groups in total. The van der Waals surface area contributed by atoms with Crippen LogP contribution in [-0.2, 0) is 9.59 Å². The number of carbonyl (C=O) groups excluding carboxylic acids is 2. The SMILES string of the molecule is CC1C=CC=CC1(C)C(CCCCCC(N)=O)C(N)=O. The predicted octanol–water partition coefficient (Wildman–Crippen LogP) is 2.29. The van der Waals surface area contributed by atoms with Crippen molar-refractivity contribution in [2.45, 2.75) is 46.0 Å². The van der Waals surface area contributed by atoms with Gasteiger partial charge >= 0.3 is 0 Å². The maximum absolute atomic E-state index is 11.8. The van der Waals surface area contributed by atoms with Crippen LogP contribution in [0.2, 0.25) is 0 Å². The molecule has 0 fully saturated rings. The lowest BCUT2D eigenvalue weighted by Gasteiger charge is -2.39. The van der Waals surface area contributed by atoms with Gasteiger partial charge in [-0.2, -0.15) is 0 Å². The van der Waals surface area contributed by atoms with Gasteiger partial charge in [-0.05, 0) is 18.8 Å². The Kier molecular flexibility index (Phi) is 5.99. The summed E-state index contributed by atoms with van der Waals surface area (Å²) in [4.78, 5) is 22.5. The van der Waals surface area contributed by atoms with E-state index in [4.69, 9.17) is 11.5 Å². The molecule has 20 heavy (non-hydrogen) atoms. The van der Waals surface area contributed by atoms with E-state index in [1.165, 1.54) is 0 Å². The molecule has 0 radical (unpaired) electrons. The summed E-state index contributed by atoms with van der Waals surface area (Å²) >= 11 is 0. The van der Waals surface area contributed by atoms with Gasteiger partial charge in [0.1, 0.15) is 0 Å². The first-order chi connectivity index (χ1) is 9.38. The number of hydrogen-bond acceptors (Lipinski definition) is 2. The molecule has 0 aliphatic heterocycles. The summed E-state index contributed by atoms with van der Waals surface area (Å²) in [5.41, 5.74) is 10.5. The number of hydrogen-bond donors (Lipinski definition) is 2. The van der Waals surface area contributed by atoms with Gasteiger partial charge in [-0.1, -0.05) is 51.0 Å². The van der Waals surface area contributed by atoms with E-state index in [0.29, 0.717) is 6.42 Å². The summed E-state index contributed by atoms with van der Waals surface area (Å²) < 4.78 is 0. The number of allylic oxidation sites excluding steroid dienone is 4. The molecular formula is C16H26N2O2. The standard InChI is InChI=1S/C16H26N2O2/c1-12-8-6-7-11-16(12,2)13(15(18)20)9-4-3-5-10-14(17)19/h6-8,11-13H,3-5,9-10H2,1-2H3,(H2,17,19)(H2,18,20). The summed E-state index contributed by atoms with van der Waals surface area (Å²) in [7, 11) is 0. The van der Waals surface area contributed by atoms with E-state index < -0.39 is 0 Å². The largest absolute Gasteiger partial charge is 0.370 e. The lowest BCUT2D eigenvalue weighted by Crippen LogP contribution is -2.40. The molecular weight excluding hydrogens is 252 g/mol. The zero-order valence-electron chi connectivity index (χ0n) is 12.5. The second-order valence-electron chi connectivity index (χ2n) is 5.92. The van der Waals surface area contributed by atoms with Gasteiger partial charge < -0.3 is 11.5 Å². The third-order valence-corrected chi connectivity index (χ3v) is 4.46. The summed E-state index contributed by atoms with van der Waals surface area (Å²) in [5, 5.41) is 0. The number of amides is 2. The van der Waals surface area contributed by atoms with Crippen LogP contribution in [0.1, 0.15) is 46.0 Å². The average molecular weight is 278 g/mol. The van der Waals surface area contributed by atoms with Crippen LogP contribution in [0.4, 0.5) is 0 Å². The highest BCUT2D eigenvalue weighted by Crippen LogP contribution is 2.42. The molecule has 112 valence electrons. The molecule has 0 aromatic rings. The van der Waals surface area contributed by atoms with Crippen LogP contribution >= 0.6 is 0 Å². The zero-order valence-corrected chi connectivity index (χ0v) is 12.5. The van der Waals surface area contributed by atoms with Crippen molar-refractivity contribution in [2.24, 2.45) is 28.7 Å². The molecule has 3 atom stereocenters. The Morgan fingerprint density at radius 2 is 1.90 bits per heavy atom. The normalized spacial score (nSPS) is 26.4. The van der Waals surface area contributed by atoms with Crippen LogP contribution in [0.25, 0.3) is 0 Å². The number of primary amides is 2. The molecule has 0 saturated heterocycles. The van der Waals surface area contributed by atoms with Crippen molar-refractivity contribution < 1.29 is 9.59 Å². The van der Waals surface area contributed by atoms with E-state index in [1.54, 1.807) is 0 Å². The van der Waals surface area contributed by atoms with E-state index in [-0.39, 0.29) is 29.1 Å². The fraction of sp³-hybridized carbons (Fsp3) is 0.625. The maximum Gasteiger partial charge on any atom is 0.221 e. The Bertz CT molecular complexity index is 415. The fourth-order valence-corrected chi connectivity index (χ4v) is 2.87. The van der Waals surface area contributed by atoms with Crippen LogP contribution in [-0.4, -0.2) is 11.8 Å². The van der Waals surface area contributed by atoms with Crippen molar-refractivity contribution in [1.82, 2.24) is 0 Å². The summed E-state index contributed by atoms with van der Waals surface area (Å²) in [6, 6.07) is 0. The van der Waals surface area contributed by atoms with Crippen molar-refractivity contribution in [2.75, 3.05) is 0 Å². The van der Waals surface area contributed by atoms with Crippen LogP contribution in [0.15, 0.2) is 24.3 Å². The van der Waals surface area contributed by atoms with Crippen molar-refractivity contribution in [3.05, 3.63) is 24.3 Å². The molecule has 2 amide bonds. The summed E-state index contributed by atoms with van der Waals surface area (Å²) in [6.45, 7) is 4.21. The van der Waals surface area contributed by atoms with Gasteiger partial charge in [0, 0.05) is 17.8 Å². The van der Waals surface area contributed by atoms with E-state index >= 15 is 0 Å². The van der Waals surface area contributed by atoms with E-state index in [9.17, 15) is 9.59 Å². The van der Waals surface area contributed by atoms with Crippen LogP contribution in [0.5, 0.6) is 0 Å². The molecule has 1 rings (SSSR count). The minimum Gasteiger partial charge on any atom is -0.370 e. The Hall–Kier alpha value is -1.58. The Labute approximate surface area is 121 Å². The molecule has 0 heterocycles. The van der Waals surface area contributed by atoms with Crippen LogP contribution in [0.3, 0.4) is 0 Å². The molecule has 0 saturated carbocycles. The molecule has 1 aliphatic rings. The van der Waals surface area contributed by atoms with Crippen LogP contribution < -0.4 is 11.5 Å². The second kappa shape index (κ2) is 7.27. The van der Waals surface area contributed by atoms with Crippen molar-refractivity contribution >= 4 is 11.8 Å². The Balaban J connectivity index is 2.57. The maximum atomic E-state index is 11.8. The minimum atomic E-state index is -0.266. The molecule has 4 heteroatoms. The lowest BCUT2D eigenvalue weighted by molar-refractivity contribution is -0.125. The molecule has 3 unspecified atom stereocenters. The summed E-state index contributed by atoms with van der Waals surface area (Å²) in [5.74, 6) is -0.394. The first kappa shape index (κ1) is 16.5. The highest BCUT2D eigenvalue weighted by atomic mass is 16.1. The minimum absolute atomic E-state index is 0.174. The molecule has 0 bridgehead atoms. The monoisotopic (exact) mass is 278 g/mol. The molecule has 0 aromatic heterocycles.